The zero-order valence-electron chi connectivity index (χ0n) is 17.8. The number of amides is 1. The molecular formula is C22H24N4O4S2. The fraction of sp³-hybridized carbons (Fsp3) is 0.318. The van der Waals surface area contributed by atoms with Gasteiger partial charge >= 0.3 is 6.01 Å². The highest BCUT2D eigenvalue weighted by Crippen LogP contribution is 2.27. The fourth-order valence-corrected chi connectivity index (χ4v) is 5.50. The molecule has 8 nitrogen and oxygen atoms in total. The average Bonchev–Trinajstić information content (AvgIpc) is 3.28. The first kappa shape index (κ1) is 22.5. The zero-order chi connectivity index (χ0) is 22.7. The van der Waals surface area contributed by atoms with Crippen molar-refractivity contribution in [3.05, 3.63) is 54.1 Å². The highest BCUT2D eigenvalue weighted by Gasteiger charge is 2.32. The number of aromatic nitrogens is 2. The summed E-state index contributed by atoms with van der Waals surface area (Å²) in [6.07, 6.45) is 2.83. The number of sulfonamides is 1. The van der Waals surface area contributed by atoms with Gasteiger partial charge in [-0.3, -0.25) is 10.1 Å². The quantitative estimate of drug-likeness (QED) is 0.544. The number of aryl methyl sites for hydroxylation is 1. The summed E-state index contributed by atoms with van der Waals surface area (Å²) in [7, 11) is -3.56. The van der Waals surface area contributed by atoms with E-state index in [0.717, 1.165) is 16.0 Å². The predicted molar refractivity (Wildman–Crippen MR) is 123 cm³/mol. The van der Waals surface area contributed by atoms with Crippen LogP contribution in [0.4, 0.5) is 6.01 Å². The number of piperidine rings is 1. The molecule has 0 unspecified atom stereocenters. The molecule has 0 bridgehead atoms. The number of thioether (sulfide) groups is 1. The van der Waals surface area contributed by atoms with E-state index < -0.39 is 10.0 Å². The maximum Gasteiger partial charge on any atom is 0.322 e. The molecule has 1 fully saturated rings. The number of carbonyl (C=O) groups is 1. The molecule has 1 aliphatic heterocycles. The average molecular weight is 473 g/mol. The summed E-state index contributed by atoms with van der Waals surface area (Å²) in [6.45, 7) is 2.48. The van der Waals surface area contributed by atoms with E-state index in [1.165, 1.54) is 4.31 Å². The summed E-state index contributed by atoms with van der Waals surface area (Å²) in [6, 6.07) is 14.5. The van der Waals surface area contributed by atoms with E-state index >= 15 is 0 Å². The minimum Gasteiger partial charge on any atom is -0.403 e. The monoisotopic (exact) mass is 472 g/mol. The van der Waals surface area contributed by atoms with E-state index in [4.69, 9.17) is 4.42 Å². The maximum atomic E-state index is 12.8. The Bertz CT molecular complexity index is 1200. The lowest BCUT2D eigenvalue weighted by Crippen LogP contribution is -2.41. The van der Waals surface area contributed by atoms with E-state index in [0.29, 0.717) is 18.7 Å². The van der Waals surface area contributed by atoms with E-state index in [2.05, 4.69) is 15.5 Å². The lowest BCUT2D eigenvalue weighted by molar-refractivity contribution is -0.121. The third-order valence-electron chi connectivity index (χ3n) is 5.46. The van der Waals surface area contributed by atoms with Crippen LogP contribution >= 0.6 is 11.8 Å². The number of rotatable bonds is 6. The van der Waals surface area contributed by atoms with E-state index in [9.17, 15) is 13.2 Å². The molecule has 32 heavy (non-hydrogen) atoms. The van der Waals surface area contributed by atoms with Crippen LogP contribution in [0.1, 0.15) is 18.4 Å². The third kappa shape index (κ3) is 4.87. The number of anilines is 1. The first-order valence-electron chi connectivity index (χ1n) is 10.2. The van der Waals surface area contributed by atoms with Gasteiger partial charge in [0.15, 0.2) is 0 Å². The topological polar surface area (TPSA) is 105 Å². The lowest BCUT2D eigenvalue weighted by Gasteiger charge is -2.30. The Balaban J connectivity index is 1.36. The van der Waals surface area contributed by atoms with Crippen LogP contribution in [0.3, 0.4) is 0 Å². The number of hydrogen-bond acceptors (Lipinski definition) is 7. The zero-order valence-corrected chi connectivity index (χ0v) is 19.4. The minimum absolute atomic E-state index is 0.0364. The van der Waals surface area contributed by atoms with Gasteiger partial charge in [0.2, 0.25) is 21.8 Å². The summed E-state index contributed by atoms with van der Waals surface area (Å²) < 4.78 is 32.7. The van der Waals surface area contributed by atoms with Crippen LogP contribution in [0.25, 0.3) is 11.5 Å². The molecule has 2 heterocycles. The van der Waals surface area contributed by atoms with Gasteiger partial charge in [0.25, 0.3) is 0 Å². The van der Waals surface area contributed by atoms with E-state index in [1.807, 2.05) is 37.4 Å². The van der Waals surface area contributed by atoms with Gasteiger partial charge in [-0.15, -0.1) is 16.9 Å². The molecule has 168 valence electrons. The second kappa shape index (κ2) is 9.43. The van der Waals surface area contributed by atoms with Crippen molar-refractivity contribution in [2.45, 2.75) is 29.6 Å². The molecule has 3 aromatic rings. The maximum absolute atomic E-state index is 12.8. The number of nitrogens with one attached hydrogen (secondary N) is 1. The molecule has 0 atom stereocenters. The van der Waals surface area contributed by atoms with Crippen molar-refractivity contribution in [3.8, 4) is 11.5 Å². The number of hydrogen-bond donors (Lipinski definition) is 1. The Morgan fingerprint density at radius 2 is 1.84 bits per heavy atom. The van der Waals surface area contributed by atoms with Crippen molar-refractivity contribution in [1.29, 1.82) is 0 Å². The minimum atomic E-state index is -3.56. The molecule has 0 radical (unpaired) electrons. The van der Waals surface area contributed by atoms with Crippen LogP contribution in [0.2, 0.25) is 0 Å². The molecule has 0 saturated carbocycles. The van der Waals surface area contributed by atoms with Crippen LogP contribution in [0.15, 0.2) is 62.7 Å². The van der Waals surface area contributed by atoms with Crippen molar-refractivity contribution in [2.24, 2.45) is 5.92 Å². The molecule has 2 aromatic carbocycles. The van der Waals surface area contributed by atoms with Crippen molar-refractivity contribution in [2.75, 3.05) is 24.7 Å². The molecule has 1 aliphatic rings. The van der Waals surface area contributed by atoms with Gasteiger partial charge < -0.3 is 4.42 Å². The number of benzene rings is 2. The highest BCUT2D eigenvalue weighted by atomic mass is 32.2. The van der Waals surface area contributed by atoms with Crippen molar-refractivity contribution >= 4 is 33.7 Å². The van der Waals surface area contributed by atoms with Gasteiger partial charge in [-0.05, 0) is 56.4 Å². The Morgan fingerprint density at radius 1 is 1.12 bits per heavy atom. The first-order chi connectivity index (χ1) is 15.4. The first-order valence-corrected chi connectivity index (χ1v) is 12.9. The second-order valence-electron chi connectivity index (χ2n) is 7.62. The second-order valence-corrected chi connectivity index (χ2v) is 10.4. The van der Waals surface area contributed by atoms with Gasteiger partial charge in [-0.1, -0.05) is 28.9 Å². The molecule has 1 N–H and O–H groups in total. The molecular weight excluding hydrogens is 448 g/mol. The molecule has 0 aliphatic carbocycles. The Kier molecular flexibility index (Phi) is 6.63. The van der Waals surface area contributed by atoms with Crippen molar-refractivity contribution in [3.63, 3.8) is 0 Å². The standard InChI is InChI=1S/C22H24N4O4S2/c1-15-6-8-19(9-7-15)32(28,29)26-12-10-16(11-13-26)20(27)23-22-25-24-21(30-22)17-4-3-5-18(14-17)31-2/h3-9,14,16H,10-13H2,1-2H3,(H,23,25,27). The number of carbonyl (C=O) groups excluding carboxylic acids is 1. The smallest absolute Gasteiger partial charge is 0.322 e. The van der Waals surface area contributed by atoms with Crippen LogP contribution < -0.4 is 5.32 Å². The summed E-state index contributed by atoms with van der Waals surface area (Å²) in [5.74, 6) is -0.240. The summed E-state index contributed by atoms with van der Waals surface area (Å²) in [5.41, 5.74) is 1.78. The molecule has 1 saturated heterocycles. The molecule has 4 rings (SSSR count). The highest BCUT2D eigenvalue weighted by molar-refractivity contribution is 7.98. The fourth-order valence-electron chi connectivity index (χ4n) is 3.57. The Morgan fingerprint density at radius 3 is 2.53 bits per heavy atom. The van der Waals surface area contributed by atoms with Gasteiger partial charge in [0.05, 0.1) is 4.90 Å². The van der Waals surface area contributed by atoms with Gasteiger partial charge in [0, 0.05) is 29.5 Å². The Hall–Kier alpha value is -2.69. The van der Waals surface area contributed by atoms with Gasteiger partial charge in [-0.25, -0.2) is 8.42 Å². The molecule has 0 spiro atoms. The van der Waals surface area contributed by atoms with E-state index in [-0.39, 0.29) is 35.8 Å². The molecule has 1 aromatic heterocycles. The van der Waals surface area contributed by atoms with Crippen LogP contribution in [0.5, 0.6) is 0 Å². The third-order valence-corrected chi connectivity index (χ3v) is 8.09. The summed E-state index contributed by atoms with van der Waals surface area (Å²) >= 11 is 1.61. The van der Waals surface area contributed by atoms with Crippen LogP contribution in [-0.4, -0.2) is 48.2 Å². The van der Waals surface area contributed by atoms with Crippen molar-refractivity contribution in [1.82, 2.24) is 14.5 Å². The largest absolute Gasteiger partial charge is 0.403 e. The van der Waals surface area contributed by atoms with Gasteiger partial charge in [-0.2, -0.15) is 4.31 Å². The predicted octanol–water partition coefficient (Wildman–Crippen LogP) is 3.81. The molecule has 1 amide bonds. The summed E-state index contributed by atoms with van der Waals surface area (Å²) in [4.78, 5) is 14.0. The number of nitrogens with zero attached hydrogens (tertiary/aromatic N) is 3. The lowest BCUT2D eigenvalue weighted by atomic mass is 9.97. The van der Waals surface area contributed by atoms with E-state index in [1.54, 1.807) is 36.0 Å². The van der Waals surface area contributed by atoms with Crippen molar-refractivity contribution < 1.29 is 17.6 Å². The van der Waals surface area contributed by atoms with Gasteiger partial charge in [0.1, 0.15) is 0 Å². The SMILES string of the molecule is CSc1cccc(-c2nnc(NC(=O)C3CCN(S(=O)(=O)c4ccc(C)cc4)CC3)o2)c1. The van der Waals surface area contributed by atoms with Crippen LogP contribution in [0, 0.1) is 12.8 Å². The normalized spacial score (nSPS) is 15.6. The summed E-state index contributed by atoms with van der Waals surface area (Å²) in [5, 5.41) is 10.6. The molecule has 10 heteroatoms. The van der Waals surface area contributed by atoms with Crippen LogP contribution in [-0.2, 0) is 14.8 Å². The Labute approximate surface area is 191 Å².